The van der Waals surface area contributed by atoms with Crippen LogP contribution >= 0.6 is 11.6 Å². The molecule has 2 aromatic rings. The van der Waals surface area contributed by atoms with Gasteiger partial charge in [-0.15, -0.1) is 0 Å². The molecule has 0 aliphatic carbocycles. The maximum Gasteiger partial charge on any atom is 0.304 e. The van der Waals surface area contributed by atoms with Gasteiger partial charge in [-0.2, -0.15) is 0 Å². The third kappa shape index (κ3) is 4.73. The number of nitrogens with one attached hydrogen (secondary N) is 1. The van der Waals surface area contributed by atoms with Crippen LogP contribution in [0.5, 0.6) is 5.75 Å². The first-order valence-corrected chi connectivity index (χ1v) is 10.00. The van der Waals surface area contributed by atoms with Crippen molar-refractivity contribution < 1.29 is 23.1 Å². The molecule has 1 aliphatic heterocycles. The Hall–Kier alpha value is -2.69. The van der Waals surface area contributed by atoms with Crippen molar-refractivity contribution in [1.29, 1.82) is 0 Å². The Morgan fingerprint density at radius 3 is 2.85 bits per heavy atom. The molecule has 0 saturated carbocycles. The highest BCUT2D eigenvalue weighted by Crippen LogP contribution is 2.29. The average Bonchev–Trinajstić information content (AvgIpc) is 3.08. The van der Waals surface area contributed by atoms with Crippen LogP contribution in [0.25, 0.3) is 0 Å². The Bertz CT molecular complexity index is 1050. The van der Waals surface area contributed by atoms with E-state index in [2.05, 4.69) is 16.6 Å². The van der Waals surface area contributed by atoms with Crippen molar-refractivity contribution in [2.45, 2.75) is 24.2 Å². The fourth-order valence-corrected chi connectivity index (χ4v) is 3.87. The summed E-state index contributed by atoms with van der Waals surface area (Å²) in [5.74, 6) is 5.25. The van der Waals surface area contributed by atoms with E-state index in [-0.39, 0.29) is 23.4 Å². The molecule has 1 aliphatic rings. The molecule has 3 rings (SSSR count). The number of rotatable bonds is 5. The molecule has 0 unspecified atom stereocenters. The van der Waals surface area contributed by atoms with Crippen LogP contribution < -0.4 is 9.46 Å². The standard InChI is InChI=1S/C19H16ClNO5S/c20-15-5-7-17(13(11-15)3-1-2-4-19(22)23)21-27(24,25)16-6-8-18-14(12-16)9-10-26-18/h5-8,11-12,21H,2,4,9-10H2,(H,22,23). The van der Waals surface area contributed by atoms with Crippen LogP contribution in [0, 0.1) is 11.8 Å². The molecule has 27 heavy (non-hydrogen) atoms. The monoisotopic (exact) mass is 405 g/mol. The van der Waals surface area contributed by atoms with Crippen LogP contribution in [0.1, 0.15) is 24.0 Å². The van der Waals surface area contributed by atoms with Crippen LogP contribution in [0.15, 0.2) is 41.3 Å². The Morgan fingerprint density at radius 1 is 1.26 bits per heavy atom. The third-order valence-electron chi connectivity index (χ3n) is 3.88. The number of hydrogen-bond donors (Lipinski definition) is 2. The lowest BCUT2D eigenvalue weighted by atomic mass is 10.2. The van der Waals surface area contributed by atoms with Gasteiger partial charge in [0, 0.05) is 17.9 Å². The van der Waals surface area contributed by atoms with E-state index in [0.717, 1.165) is 5.56 Å². The molecule has 2 aromatic carbocycles. The van der Waals surface area contributed by atoms with E-state index < -0.39 is 16.0 Å². The molecule has 0 amide bonds. The molecule has 6 nitrogen and oxygen atoms in total. The lowest BCUT2D eigenvalue weighted by molar-refractivity contribution is -0.136. The van der Waals surface area contributed by atoms with E-state index in [4.69, 9.17) is 21.4 Å². The quantitative estimate of drug-likeness (QED) is 0.744. The van der Waals surface area contributed by atoms with Crippen molar-refractivity contribution in [3.05, 3.63) is 52.5 Å². The minimum absolute atomic E-state index is 0.0914. The average molecular weight is 406 g/mol. The van der Waals surface area contributed by atoms with Crippen molar-refractivity contribution in [2.24, 2.45) is 0 Å². The second-order valence-electron chi connectivity index (χ2n) is 5.86. The first-order chi connectivity index (χ1) is 12.8. The van der Waals surface area contributed by atoms with Gasteiger partial charge in [-0.1, -0.05) is 23.4 Å². The molecule has 1 heterocycles. The number of hydrogen-bond acceptors (Lipinski definition) is 4. The highest BCUT2D eigenvalue weighted by molar-refractivity contribution is 7.92. The highest BCUT2D eigenvalue weighted by Gasteiger charge is 2.20. The molecule has 0 radical (unpaired) electrons. The van der Waals surface area contributed by atoms with Gasteiger partial charge in [0.1, 0.15) is 5.75 Å². The predicted octanol–water partition coefficient (Wildman–Crippen LogP) is 3.29. The second kappa shape index (κ2) is 7.91. The number of ether oxygens (including phenoxy) is 1. The minimum atomic E-state index is -3.82. The first-order valence-electron chi connectivity index (χ1n) is 8.14. The summed E-state index contributed by atoms with van der Waals surface area (Å²) in [5, 5.41) is 9.06. The molecule has 0 saturated heterocycles. The van der Waals surface area contributed by atoms with Crippen molar-refractivity contribution in [2.75, 3.05) is 11.3 Å². The molecule has 8 heteroatoms. The minimum Gasteiger partial charge on any atom is -0.493 e. The van der Waals surface area contributed by atoms with Crippen molar-refractivity contribution >= 4 is 33.3 Å². The van der Waals surface area contributed by atoms with E-state index in [1.165, 1.54) is 18.2 Å². The second-order valence-corrected chi connectivity index (χ2v) is 7.98. The van der Waals surface area contributed by atoms with Gasteiger partial charge in [0.2, 0.25) is 0 Å². The van der Waals surface area contributed by atoms with Crippen LogP contribution in [0.2, 0.25) is 5.02 Å². The largest absolute Gasteiger partial charge is 0.493 e. The molecule has 0 aromatic heterocycles. The number of anilines is 1. The van der Waals surface area contributed by atoms with Gasteiger partial charge in [-0.3, -0.25) is 9.52 Å². The number of carboxylic acids is 1. The lowest BCUT2D eigenvalue weighted by Crippen LogP contribution is -2.14. The van der Waals surface area contributed by atoms with E-state index in [0.29, 0.717) is 29.4 Å². The summed E-state index contributed by atoms with van der Waals surface area (Å²) in [5.41, 5.74) is 1.50. The fraction of sp³-hybridized carbons (Fsp3) is 0.211. The molecule has 0 fully saturated rings. The molecular formula is C19H16ClNO5S. The summed E-state index contributed by atoms with van der Waals surface area (Å²) in [7, 11) is -3.82. The van der Waals surface area contributed by atoms with Crippen LogP contribution in [-0.4, -0.2) is 26.1 Å². The van der Waals surface area contributed by atoms with Crippen LogP contribution in [0.4, 0.5) is 5.69 Å². The van der Waals surface area contributed by atoms with E-state index in [1.807, 2.05) is 0 Å². The smallest absolute Gasteiger partial charge is 0.304 e. The zero-order valence-corrected chi connectivity index (χ0v) is 15.7. The van der Waals surface area contributed by atoms with Crippen molar-refractivity contribution in [3.63, 3.8) is 0 Å². The number of aliphatic carboxylic acids is 1. The predicted molar refractivity (Wildman–Crippen MR) is 102 cm³/mol. The number of carboxylic acid groups (broad SMARTS) is 1. The third-order valence-corrected chi connectivity index (χ3v) is 5.48. The summed E-state index contributed by atoms with van der Waals surface area (Å²) in [6.07, 6.45) is 0.727. The van der Waals surface area contributed by atoms with E-state index in [9.17, 15) is 13.2 Å². The Morgan fingerprint density at radius 2 is 2.07 bits per heavy atom. The zero-order valence-electron chi connectivity index (χ0n) is 14.2. The van der Waals surface area contributed by atoms with Crippen LogP contribution in [0.3, 0.4) is 0 Å². The molecule has 140 valence electrons. The molecule has 0 spiro atoms. The number of benzene rings is 2. The molecule has 0 bridgehead atoms. The van der Waals surface area contributed by atoms with E-state index in [1.54, 1.807) is 18.2 Å². The summed E-state index contributed by atoms with van der Waals surface area (Å²) in [6.45, 7) is 0.541. The lowest BCUT2D eigenvalue weighted by Gasteiger charge is -2.11. The number of fused-ring (bicyclic) bond motifs is 1. The topological polar surface area (TPSA) is 92.7 Å². The SMILES string of the molecule is O=C(O)CCC#Cc1cc(Cl)ccc1NS(=O)(=O)c1ccc2c(c1)CCO2. The van der Waals surface area contributed by atoms with Crippen LogP contribution in [-0.2, 0) is 21.2 Å². The number of sulfonamides is 1. The van der Waals surface area contributed by atoms with Gasteiger partial charge in [0.05, 0.1) is 29.2 Å². The summed E-state index contributed by atoms with van der Waals surface area (Å²) < 4.78 is 33.4. The first kappa shape index (κ1) is 19.1. The van der Waals surface area contributed by atoms with Crippen molar-refractivity contribution in [3.8, 4) is 17.6 Å². The summed E-state index contributed by atoms with van der Waals surface area (Å²) in [4.78, 5) is 10.7. The fourth-order valence-electron chi connectivity index (χ4n) is 2.57. The van der Waals surface area contributed by atoms with Gasteiger partial charge < -0.3 is 9.84 Å². The van der Waals surface area contributed by atoms with Gasteiger partial charge >= 0.3 is 5.97 Å². The Balaban J connectivity index is 1.87. The normalized spacial score (nSPS) is 12.5. The van der Waals surface area contributed by atoms with E-state index >= 15 is 0 Å². The summed E-state index contributed by atoms with van der Waals surface area (Å²) >= 11 is 5.98. The highest BCUT2D eigenvalue weighted by atomic mass is 35.5. The van der Waals surface area contributed by atoms with Crippen molar-refractivity contribution in [1.82, 2.24) is 0 Å². The molecular weight excluding hydrogens is 390 g/mol. The zero-order chi connectivity index (χ0) is 19.4. The van der Waals surface area contributed by atoms with Gasteiger partial charge in [-0.25, -0.2) is 8.42 Å². The maximum atomic E-state index is 12.7. The van der Waals surface area contributed by atoms with Gasteiger partial charge in [-0.05, 0) is 42.0 Å². The molecule has 0 atom stereocenters. The van der Waals surface area contributed by atoms with Gasteiger partial charge in [0.15, 0.2) is 0 Å². The van der Waals surface area contributed by atoms with Gasteiger partial charge in [0.25, 0.3) is 10.0 Å². The maximum absolute atomic E-state index is 12.7. The number of carbonyl (C=O) groups is 1. The molecule has 2 N–H and O–H groups in total. The Labute approximate surface area is 162 Å². The number of halogens is 1. The summed E-state index contributed by atoms with van der Waals surface area (Å²) in [6, 6.07) is 9.34. The Kier molecular flexibility index (Phi) is 5.59.